The van der Waals surface area contributed by atoms with Crippen LogP contribution in [0, 0.1) is 11.7 Å². The number of nitrogens with zero attached hydrogens (tertiary/aromatic N) is 2. The molecular weight excluding hydrogens is 442 g/mol. The van der Waals surface area contributed by atoms with Crippen LogP contribution < -0.4 is 0 Å². The first-order valence-electron chi connectivity index (χ1n) is 6.86. The molecular formula is C16H13Br2N3OS. The molecule has 3 rings (SSSR count). The predicted molar refractivity (Wildman–Crippen MR) is 99.8 cm³/mol. The van der Waals surface area contributed by atoms with E-state index in [4.69, 9.17) is 12.2 Å². The minimum Gasteiger partial charge on any atom is -0.508 e. The van der Waals surface area contributed by atoms with Crippen LogP contribution in [0.4, 0.5) is 0 Å². The van der Waals surface area contributed by atoms with E-state index in [0.29, 0.717) is 11.2 Å². The van der Waals surface area contributed by atoms with Gasteiger partial charge in [0.15, 0.2) is 4.77 Å². The number of rotatable bonds is 3. The van der Waals surface area contributed by atoms with E-state index < -0.39 is 0 Å². The molecule has 0 aliphatic carbocycles. The predicted octanol–water partition coefficient (Wildman–Crippen LogP) is 5.06. The van der Waals surface area contributed by atoms with Crippen LogP contribution in [-0.4, -0.2) is 19.9 Å². The Morgan fingerprint density at radius 2 is 1.78 bits per heavy atom. The SMILES string of the molecule is Cc1cc(Br)c(-n2c(Cc3ccc(O)cc3)n[nH]c2=S)c(Br)c1. The smallest absolute Gasteiger partial charge is 0.199 e. The molecule has 0 saturated carbocycles. The Morgan fingerprint density at radius 3 is 2.39 bits per heavy atom. The number of aromatic nitrogens is 3. The molecule has 23 heavy (non-hydrogen) atoms. The van der Waals surface area contributed by atoms with Crippen molar-refractivity contribution in [3.8, 4) is 11.4 Å². The largest absolute Gasteiger partial charge is 0.508 e. The van der Waals surface area contributed by atoms with E-state index >= 15 is 0 Å². The Morgan fingerprint density at radius 1 is 1.17 bits per heavy atom. The summed E-state index contributed by atoms with van der Waals surface area (Å²) in [6.45, 7) is 2.03. The quantitative estimate of drug-likeness (QED) is 0.544. The summed E-state index contributed by atoms with van der Waals surface area (Å²) in [5.74, 6) is 1.04. The number of phenols is 1. The van der Waals surface area contributed by atoms with Crippen LogP contribution in [0.15, 0.2) is 45.3 Å². The number of H-pyrrole nitrogens is 1. The number of hydrogen-bond acceptors (Lipinski definition) is 3. The van der Waals surface area contributed by atoms with Crippen molar-refractivity contribution in [3.63, 3.8) is 0 Å². The summed E-state index contributed by atoms with van der Waals surface area (Å²) in [5.41, 5.74) is 3.10. The standard InChI is InChI=1S/C16H13Br2N3OS/c1-9-6-12(17)15(13(18)7-9)21-14(19-20-16(21)23)8-10-2-4-11(22)5-3-10/h2-7,22H,8H2,1H3,(H,20,23). The third kappa shape index (κ3) is 3.41. The zero-order chi connectivity index (χ0) is 16.6. The molecule has 0 fully saturated rings. The molecule has 0 aliphatic rings. The van der Waals surface area contributed by atoms with Gasteiger partial charge in [0.2, 0.25) is 0 Å². The summed E-state index contributed by atoms with van der Waals surface area (Å²) in [5, 5.41) is 16.6. The number of benzene rings is 2. The Labute approximate surface area is 155 Å². The minimum atomic E-state index is 0.247. The van der Waals surface area contributed by atoms with Crippen LogP contribution in [-0.2, 0) is 6.42 Å². The minimum absolute atomic E-state index is 0.247. The van der Waals surface area contributed by atoms with Crippen LogP contribution in [0.3, 0.4) is 0 Å². The Bertz CT molecular complexity index is 893. The molecule has 0 radical (unpaired) electrons. The lowest BCUT2D eigenvalue weighted by Gasteiger charge is -2.12. The molecule has 7 heteroatoms. The van der Waals surface area contributed by atoms with E-state index in [0.717, 1.165) is 31.6 Å². The Hall–Kier alpha value is -1.44. The molecule has 0 saturated heterocycles. The molecule has 0 aliphatic heterocycles. The highest BCUT2D eigenvalue weighted by atomic mass is 79.9. The number of aryl methyl sites for hydroxylation is 1. The third-order valence-electron chi connectivity index (χ3n) is 3.43. The Balaban J connectivity index is 2.10. The molecule has 4 nitrogen and oxygen atoms in total. The monoisotopic (exact) mass is 453 g/mol. The number of aromatic hydroxyl groups is 1. The summed E-state index contributed by atoms with van der Waals surface area (Å²) in [6.07, 6.45) is 0.597. The molecule has 3 aromatic rings. The van der Waals surface area contributed by atoms with Gasteiger partial charge in [-0.3, -0.25) is 9.67 Å². The lowest BCUT2D eigenvalue weighted by atomic mass is 10.1. The van der Waals surface area contributed by atoms with E-state index in [2.05, 4.69) is 42.1 Å². The second-order valence-corrected chi connectivity index (χ2v) is 7.30. The van der Waals surface area contributed by atoms with Gasteiger partial charge < -0.3 is 5.11 Å². The number of hydrogen-bond donors (Lipinski definition) is 2. The van der Waals surface area contributed by atoms with Crippen molar-refractivity contribution in [1.29, 1.82) is 0 Å². The van der Waals surface area contributed by atoms with Crippen molar-refractivity contribution in [1.82, 2.24) is 14.8 Å². The van der Waals surface area contributed by atoms with Crippen molar-refractivity contribution in [2.24, 2.45) is 0 Å². The fraction of sp³-hybridized carbons (Fsp3) is 0.125. The first-order valence-corrected chi connectivity index (χ1v) is 8.85. The maximum Gasteiger partial charge on any atom is 0.199 e. The van der Waals surface area contributed by atoms with Crippen molar-refractivity contribution in [3.05, 3.63) is 67.1 Å². The van der Waals surface area contributed by atoms with Crippen LogP contribution in [0.5, 0.6) is 5.75 Å². The van der Waals surface area contributed by atoms with E-state index in [9.17, 15) is 5.11 Å². The molecule has 1 aromatic heterocycles. The van der Waals surface area contributed by atoms with E-state index in [1.54, 1.807) is 12.1 Å². The number of phenolic OH excluding ortho intramolecular Hbond substituents is 1. The van der Waals surface area contributed by atoms with Gasteiger partial charge in [-0.15, -0.1) is 0 Å². The van der Waals surface area contributed by atoms with Gasteiger partial charge in [0.1, 0.15) is 11.6 Å². The summed E-state index contributed by atoms with van der Waals surface area (Å²) in [6, 6.07) is 11.2. The van der Waals surface area contributed by atoms with Crippen molar-refractivity contribution in [2.75, 3.05) is 0 Å². The number of aromatic amines is 1. The van der Waals surface area contributed by atoms with E-state index in [-0.39, 0.29) is 5.75 Å². The molecule has 0 atom stereocenters. The topological polar surface area (TPSA) is 53.8 Å². The average Bonchev–Trinajstić information content (AvgIpc) is 2.82. The highest BCUT2D eigenvalue weighted by Gasteiger charge is 2.15. The zero-order valence-corrected chi connectivity index (χ0v) is 16.2. The van der Waals surface area contributed by atoms with Crippen molar-refractivity contribution < 1.29 is 5.11 Å². The summed E-state index contributed by atoms with van der Waals surface area (Å²) in [7, 11) is 0. The molecule has 2 N–H and O–H groups in total. The maximum absolute atomic E-state index is 9.40. The van der Waals surface area contributed by atoms with Gasteiger partial charge in [0.25, 0.3) is 0 Å². The average molecular weight is 455 g/mol. The highest BCUT2D eigenvalue weighted by Crippen LogP contribution is 2.32. The first kappa shape index (κ1) is 16.4. The molecule has 0 bridgehead atoms. The number of nitrogens with one attached hydrogen (secondary N) is 1. The van der Waals surface area contributed by atoms with E-state index in [1.807, 2.05) is 35.8 Å². The number of halogens is 2. The molecule has 1 heterocycles. The van der Waals surface area contributed by atoms with Crippen molar-refractivity contribution >= 4 is 44.1 Å². The third-order valence-corrected chi connectivity index (χ3v) is 4.91. The fourth-order valence-corrected chi connectivity index (χ4v) is 4.39. The second kappa shape index (κ2) is 6.59. The highest BCUT2D eigenvalue weighted by molar-refractivity contribution is 9.11. The molecule has 2 aromatic carbocycles. The van der Waals surface area contributed by atoms with Gasteiger partial charge >= 0.3 is 0 Å². The summed E-state index contributed by atoms with van der Waals surface area (Å²) < 4.78 is 4.32. The summed E-state index contributed by atoms with van der Waals surface area (Å²) in [4.78, 5) is 0. The van der Waals surface area contributed by atoms with Crippen LogP contribution in [0.25, 0.3) is 5.69 Å². The first-order chi connectivity index (χ1) is 11.0. The van der Waals surface area contributed by atoms with Gasteiger partial charge in [-0.1, -0.05) is 12.1 Å². The van der Waals surface area contributed by atoms with Gasteiger partial charge in [-0.05, 0) is 86.4 Å². The molecule has 0 amide bonds. The van der Waals surface area contributed by atoms with Gasteiger partial charge in [0, 0.05) is 15.4 Å². The van der Waals surface area contributed by atoms with Gasteiger partial charge in [0.05, 0.1) is 5.69 Å². The summed E-state index contributed by atoms with van der Waals surface area (Å²) >= 11 is 12.6. The zero-order valence-electron chi connectivity index (χ0n) is 12.2. The second-order valence-electron chi connectivity index (χ2n) is 5.20. The van der Waals surface area contributed by atoms with Gasteiger partial charge in [-0.25, -0.2) is 0 Å². The molecule has 0 spiro atoms. The lowest BCUT2D eigenvalue weighted by molar-refractivity contribution is 0.475. The van der Waals surface area contributed by atoms with Crippen LogP contribution >= 0.6 is 44.1 Å². The van der Waals surface area contributed by atoms with Gasteiger partial charge in [-0.2, -0.15) is 5.10 Å². The molecule has 0 unspecified atom stereocenters. The van der Waals surface area contributed by atoms with Crippen LogP contribution in [0.1, 0.15) is 17.0 Å². The fourth-order valence-electron chi connectivity index (χ4n) is 2.38. The normalized spacial score (nSPS) is 10.9. The lowest BCUT2D eigenvalue weighted by Crippen LogP contribution is -2.04. The maximum atomic E-state index is 9.40. The Kier molecular flexibility index (Phi) is 4.70. The van der Waals surface area contributed by atoms with E-state index in [1.165, 1.54) is 0 Å². The molecule has 118 valence electrons. The van der Waals surface area contributed by atoms with Crippen LogP contribution in [0.2, 0.25) is 0 Å². The van der Waals surface area contributed by atoms with Crippen molar-refractivity contribution in [2.45, 2.75) is 13.3 Å².